The minimum atomic E-state index is -3.57. The molecule has 1 aromatic carbocycles. The molecule has 8 nitrogen and oxygen atoms in total. The van der Waals surface area contributed by atoms with Crippen LogP contribution in [0, 0.1) is 0 Å². The fraction of sp³-hybridized carbons (Fsp3) is 0.133. The second kappa shape index (κ2) is 7.66. The average molecular weight is 348 g/mol. The highest BCUT2D eigenvalue weighted by Crippen LogP contribution is 2.10. The highest BCUT2D eigenvalue weighted by Gasteiger charge is 2.14. The summed E-state index contributed by atoms with van der Waals surface area (Å²) in [5.74, 6) is -1.08. The van der Waals surface area contributed by atoms with E-state index in [9.17, 15) is 18.0 Å². The molecule has 0 fully saturated rings. The molecular formula is C15H16N4O4S. The molecule has 0 aliphatic carbocycles. The molecule has 0 bridgehead atoms. The lowest BCUT2D eigenvalue weighted by atomic mass is 10.2. The van der Waals surface area contributed by atoms with Crippen LogP contribution in [0.5, 0.6) is 0 Å². The number of nitrogens with one attached hydrogen (secondary N) is 3. The van der Waals surface area contributed by atoms with Crippen LogP contribution < -0.4 is 15.6 Å². The van der Waals surface area contributed by atoms with Gasteiger partial charge >= 0.3 is 0 Å². The second-order valence-corrected chi connectivity index (χ2v) is 6.44. The van der Waals surface area contributed by atoms with Gasteiger partial charge in [0, 0.05) is 24.5 Å². The Morgan fingerprint density at radius 1 is 1.00 bits per heavy atom. The monoisotopic (exact) mass is 348 g/mol. The van der Waals surface area contributed by atoms with E-state index in [0.29, 0.717) is 5.56 Å². The van der Waals surface area contributed by atoms with Crippen molar-refractivity contribution in [3.05, 3.63) is 59.9 Å². The Kier molecular flexibility index (Phi) is 5.61. The van der Waals surface area contributed by atoms with E-state index in [1.807, 2.05) is 0 Å². The van der Waals surface area contributed by atoms with Gasteiger partial charge in [0.25, 0.3) is 11.8 Å². The number of carbonyl (C=O) groups is 2. The summed E-state index contributed by atoms with van der Waals surface area (Å²) >= 11 is 0. The lowest BCUT2D eigenvalue weighted by molar-refractivity contribution is 0.0846. The van der Waals surface area contributed by atoms with Crippen LogP contribution in [0.4, 0.5) is 0 Å². The molecular weight excluding hydrogens is 332 g/mol. The lowest BCUT2D eigenvalue weighted by Gasteiger charge is -2.08. The Morgan fingerprint density at radius 3 is 2.17 bits per heavy atom. The van der Waals surface area contributed by atoms with Gasteiger partial charge in [-0.1, -0.05) is 6.92 Å². The topological polar surface area (TPSA) is 117 Å². The van der Waals surface area contributed by atoms with Gasteiger partial charge in [0.2, 0.25) is 10.0 Å². The zero-order valence-corrected chi connectivity index (χ0v) is 13.6. The predicted octanol–water partition coefficient (Wildman–Crippen LogP) is 0.455. The minimum absolute atomic E-state index is 0.0558. The fourth-order valence-electron chi connectivity index (χ4n) is 1.81. The molecule has 0 aliphatic rings. The third-order valence-electron chi connectivity index (χ3n) is 2.97. The molecule has 24 heavy (non-hydrogen) atoms. The van der Waals surface area contributed by atoms with Gasteiger partial charge in [0.05, 0.1) is 10.5 Å². The smallest absolute Gasteiger partial charge is 0.267 e. The Morgan fingerprint density at radius 2 is 1.62 bits per heavy atom. The first kappa shape index (κ1) is 17.6. The van der Waals surface area contributed by atoms with Crippen molar-refractivity contribution in [2.45, 2.75) is 11.8 Å². The number of hydrogen-bond donors (Lipinski definition) is 3. The molecule has 2 amide bonds. The van der Waals surface area contributed by atoms with E-state index < -0.39 is 21.8 Å². The van der Waals surface area contributed by atoms with Gasteiger partial charge in [-0.2, -0.15) is 0 Å². The molecule has 1 heterocycles. The molecule has 0 spiro atoms. The summed E-state index contributed by atoms with van der Waals surface area (Å²) in [6.07, 6.45) is 2.89. The third kappa shape index (κ3) is 4.37. The molecule has 1 aromatic heterocycles. The standard InChI is InChI=1S/C15H16N4O4S/c1-2-17-24(22,23)13-7-5-11(6-8-13)14(20)18-19-15(21)12-4-3-9-16-10-12/h3-10,17H,2H2,1H3,(H,18,20)(H,19,21). The molecule has 0 aliphatic heterocycles. The summed E-state index contributed by atoms with van der Waals surface area (Å²) in [6.45, 7) is 1.94. The maximum atomic E-state index is 12.0. The van der Waals surface area contributed by atoms with Crippen molar-refractivity contribution in [2.75, 3.05) is 6.54 Å². The first-order chi connectivity index (χ1) is 11.4. The third-order valence-corrected chi connectivity index (χ3v) is 4.54. The maximum absolute atomic E-state index is 12.0. The normalized spacial score (nSPS) is 10.9. The summed E-state index contributed by atoms with van der Waals surface area (Å²) in [7, 11) is -3.57. The summed E-state index contributed by atoms with van der Waals surface area (Å²) in [5.41, 5.74) is 5.00. The number of aromatic nitrogens is 1. The number of hydrazine groups is 1. The number of rotatable bonds is 5. The van der Waals surface area contributed by atoms with Gasteiger partial charge in [0.15, 0.2) is 0 Å². The van der Waals surface area contributed by atoms with E-state index in [0.717, 1.165) is 0 Å². The number of carbonyl (C=O) groups excluding carboxylic acids is 2. The predicted molar refractivity (Wildman–Crippen MR) is 86.5 cm³/mol. The van der Waals surface area contributed by atoms with Crippen LogP contribution in [-0.4, -0.2) is 31.8 Å². The van der Waals surface area contributed by atoms with E-state index in [-0.39, 0.29) is 17.0 Å². The van der Waals surface area contributed by atoms with Crippen molar-refractivity contribution in [3.63, 3.8) is 0 Å². The molecule has 126 valence electrons. The Balaban J connectivity index is 1.99. The Hall–Kier alpha value is -2.78. The molecule has 2 rings (SSSR count). The number of sulfonamides is 1. The number of benzene rings is 1. The summed E-state index contributed by atoms with van der Waals surface area (Å²) in [4.78, 5) is 27.6. The largest absolute Gasteiger partial charge is 0.271 e. The van der Waals surface area contributed by atoms with Gasteiger partial charge in [-0.25, -0.2) is 13.1 Å². The highest BCUT2D eigenvalue weighted by molar-refractivity contribution is 7.89. The zero-order chi connectivity index (χ0) is 17.6. The van der Waals surface area contributed by atoms with Crippen LogP contribution in [0.3, 0.4) is 0 Å². The van der Waals surface area contributed by atoms with Crippen LogP contribution in [0.25, 0.3) is 0 Å². The molecule has 9 heteroatoms. The first-order valence-corrected chi connectivity index (χ1v) is 8.53. The maximum Gasteiger partial charge on any atom is 0.271 e. The van der Waals surface area contributed by atoms with Crippen molar-refractivity contribution in [2.24, 2.45) is 0 Å². The van der Waals surface area contributed by atoms with Crippen molar-refractivity contribution < 1.29 is 18.0 Å². The highest BCUT2D eigenvalue weighted by atomic mass is 32.2. The van der Waals surface area contributed by atoms with Gasteiger partial charge in [0.1, 0.15) is 0 Å². The van der Waals surface area contributed by atoms with Gasteiger partial charge < -0.3 is 0 Å². The molecule has 2 aromatic rings. The summed E-state index contributed by atoms with van der Waals surface area (Å²) < 4.78 is 26.0. The first-order valence-electron chi connectivity index (χ1n) is 7.04. The SMILES string of the molecule is CCNS(=O)(=O)c1ccc(C(=O)NNC(=O)c2cccnc2)cc1. The number of nitrogens with zero attached hydrogens (tertiary/aromatic N) is 1. The zero-order valence-electron chi connectivity index (χ0n) is 12.8. The summed E-state index contributed by atoms with van der Waals surface area (Å²) in [5, 5.41) is 0. The van der Waals surface area contributed by atoms with Crippen LogP contribution in [0.1, 0.15) is 27.6 Å². The molecule has 0 radical (unpaired) electrons. The average Bonchev–Trinajstić information content (AvgIpc) is 2.60. The van der Waals surface area contributed by atoms with Crippen molar-refractivity contribution in [1.29, 1.82) is 0 Å². The van der Waals surface area contributed by atoms with E-state index >= 15 is 0 Å². The Bertz CT molecular complexity index is 820. The van der Waals surface area contributed by atoms with Crippen molar-refractivity contribution >= 4 is 21.8 Å². The minimum Gasteiger partial charge on any atom is -0.267 e. The van der Waals surface area contributed by atoms with Crippen LogP contribution in [0.2, 0.25) is 0 Å². The second-order valence-electron chi connectivity index (χ2n) is 4.68. The number of pyridine rings is 1. The van der Waals surface area contributed by atoms with E-state index in [2.05, 4.69) is 20.6 Å². The Labute approximate surface area is 139 Å². The molecule has 3 N–H and O–H groups in total. The van der Waals surface area contributed by atoms with Crippen LogP contribution >= 0.6 is 0 Å². The number of hydrogen-bond acceptors (Lipinski definition) is 5. The van der Waals surface area contributed by atoms with Gasteiger partial charge in [-0.15, -0.1) is 0 Å². The van der Waals surface area contributed by atoms with Crippen LogP contribution in [-0.2, 0) is 10.0 Å². The van der Waals surface area contributed by atoms with E-state index in [1.54, 1.807) is 19.1 Å². The van der Waals surface area contributed by atoms with E-state index in [4.69, 9.17) is 0 Å². The molecule has 0 saturated heterocycles. The lowest BCUT2D eigenvalue weighted by Crippen LogP contribution is -2.41. The number of amides is 2. The van der Waals surface area contributed by atoms with Crippen molar-refractivity contribution in [3.8, 4) is 0 Å². The van der Waals surface area contributed by atoms with E-state index in [1.165, 1.54) is 36.7 Å². The molecule has 0 unspecified atom stereocenters. The van der Waals surface area contributed by atoms with Crippen LogP contribution in [0.15, 0.2) is 53.7 Å². The quantitative estimate of drug-likeness (QED) is 0.679. The molecule has 0 atom stereocenters. The fourth-order valence-corrected chi connectivity index (χ4v) is 2.85. The summed E-state index contributed by atoms with van der Waals surface area (Å²) in [6, 6.07) is 8.49. The van der Waals surface area contributed by atoms with Gasteiger partial charge in [-0.3, -0.25) is 25.4 Å². The van der Waals surface area contributed by atoms with Gasteiger partial charge in [-0.05, 0) is 36.4 Å². The van der Waals surface area contributed by atoms with Crippen molar-refractivity contribution in [1.82, 2.24) is 20.6 Å². The molecule has 0 saturated carbocycles.